The SMILES string of the molecule is c1ncc(N2CCCNCC2)cc1OC1CCOC1. The van der Waals surface area contributed by atoms with Crippen molar-refractivity contribution in [1.82, 2.24) is 10.3 Å². The number of hydrogen-bond donors (Lipinski definition) is 1. The van der Waals surface area contributed by atoms with Gasteiger partial charge in [-0.3, -0.25) is 4.98 Å². The van der Waals surface area contributed by atoms with Crippen LogP contribution in [0.3, 0.4) is 0 Å². The van der Waals surface area contributed by atoms with Crippen LogP contribution in [0, 0.1) is 0 Å². The van der Waals surface area contributed by atoms with Crippen LogP contribution in [0.25, 0.3) is 0 Å². The lowest BCUT2D eigenvalue weighted by molar-refractivity contribution is 0.141. The quantitative estimate of drug-likeness (QED) is 0.883. The monoisotopic (exact) mass is 263 g/mol. The number of nitrogens with one attached hydrogen (secondary N) is 1. The molecule has 1 unspecified atom stereocenters. The van der Waals surface area contributed by atoms with Crippen LogP contribution in [0.1, 0.15) is 12.8 Å². The minimum atomic E-state index is 0.183. The maximum Gasteiger partial charge on any atom is 0.140 e. The molecular formula is C14H21N3O2. The first-order valence-corrected chi connectivity index (χ1v) is 7.07. The van der Waals surface area contributed by atoms with Gasteiger partial charge in [0.1, 0.15) is 11.9 Å². The minimum Gasteiger partial charge on any atom is -0.486 e. The largest absolute Gasteiger partial charge is 0.486 e. The molecule has 0 amide bonds. The molecule has 0 aromatic carbocycles. The van der Waals surface area contributed by atoms with E-state index >= 15 is 0 Å². The van der Waals surface area contributed by atoms with Crippen molar-refractivity contribution in [3.63, 3.8) is 0 Å². The highest BCUT2D eigenvalue weighted by atomic mass is 16.5. The van der Waals surface area contributed by atoms with Crippen molar-refractivity contribution >= 4 is 5.69 Å². The molecule has 104 valence electrons. The van der Waals surface area contributed by atoms with Gasteiger partial charge in [-0.2, -0.15) is 0 Å². The standard InChI is InChI=1S/C14H21N3O2/c1-3-15-4-6-17(5-1)12-8-14(10-16-9-12)19-13-2-7-18-11-13/h8-10,13,15H,1-7,11H2. The summed E-state index contributed by atoms with van der Waals surface area (Å²) in [6.45, 7) is 5.72. The summed E-state index contributed by atoms with van der Waals surface area (Å²) >= 11 is 0. The van der Waals surface area contributed by atoms with E-state index in [-0.39, 0.29) is 6.10 Å². The molecule has 1 aromatic rings. The number of ether oxygens (including phenoxy) is 2. The first kappa shape index (κ1) is 12.7. The first-order valence-electron chi connectivity index (χ1n) is 7.07. The Morgan fingerprint density at radius 1 is 1.32 bits per heavy atom. The maximum absolute atomic E-state index is 5.91. The van der Waals surface area contributed by atoms with Gasteiger partial charge in [0.15, 0.2) is 0 Å². The number of hydrogen-bond acceptors (Lipinski definition) is 5. The predicted octanol–water partition coefficient (Wildman–Crippen LogP) is 1.05. The van der Waals surface area contributed by atoms with Crippen molar-refractivity contribution in [3.8, 4) is 5.75 Å². The zero-order valence-corrected chi connectivity index (χ0v) is 11.2. The van der Waals surface area contributed by atoms with Gasteiger partial charge in [-0.05, 0) is 13.0 Å². The molecule has 2 aliphatic rings. The number of aromatic nitrogens is 1. The van der Waals surface area contributed by atoms with E-state index in [1.807, 2.05) is 6.20 Å². The predicted molar refractivity (Wildman–Crippen MR) is 73.8 cm³/mol. The third-order valence-corrected chi connectivity index (χ3v) is 3.59. The van der Waals surface area contributed by atoms with E-state index in [4.69, 9.17) is 9.47 Å². The molecule has 5 heteroatoms. The fourth-order valence-corrected chi connectivity index (χ4v) is 2.55. The van der Waals surface area contributed by atoms with Gasteiger partial charge in [0, 0.05) is 32.1 Å². The number of anilines is 1. The Balaban J connectivity index is 1.67. The van der Waals surface area contributed by atoms with Gasteiger partial charge in [0.05, 0.1) is 31.3 Å². The van der Waals surface area contributed by atoms with Crippen LogP contribution in [0.2, 0.25) is 0 Å². The van der Waals surface area contributed by atoms with Crippen LogP contribution in [-0.2, 0) is 4.74 Å². The zero-order valence-electron chi connectivity index (χ0n) is 11.2. The van der Waals surface area contributed by atoms with Crippen LogP contribution >= 0.6 is 0 Å². The molecule has 0 saturated carbocycles. The third-order valence-electron chi connectivity index (χ3n) is 3.59. The Morgan fingerprint density at radius 2 is 2.32 bits per heavy atom. The number of nitrogens with zero attached hydrogens (tertiary/aromatic N) is 2. The number of pyridine rings is 1. The molecule has 3 rings (SSSR count). The summed E-state index contributed by atoms with van der Waals surface area (Å²) in [6, 6.07) is 2.09. The summed E-state index contributed by atoms with van der Waals surface area (Å²) in [5, 5.41) is 3.41. The van der Waals surface area contributed by atoms with Gasteiger partial charge >= 0.3 is 0 Å². The molecule has 19 heavy (non-hydrogen) atoms. The molecule has 2 fully saturated rings. The Bertz CT molecular complexity index is 399. The van der Waals surface area contributed by atoms with E-state index in [0.717, 1.165) is 50.6 Å². The fourth-order valence-electron chi connectivity index (χ4n) is 2.55. The molecule has 2 aliphatic heterocycles. The smallest absolute Gasteiger partial charge is 0.140 e. The van der Waals surface area contributed by atoms with Gasteiger partial charge in [-0.25, -0.2) is 0 Å². The van der Waals surface area contributed by atoms with E-state index < -0.39 is 0 Å². The Hall–Kier alpha value is -1.33. The molecular weight excluding hydrogens is 242 g/mol. The Kier molecular flexibility index (Phi) is 4.15. The van der Waals surface area contributed by atoms with E-state index in [9.17, 15) is 0 Å². The summed E-state index contributed by atoms with van der Waals surface area (Å²) in [7, 11) is 0. The molecule has 3 heterocycles. The summed E-state index contributed by atoms with van der Waals surface area (Å²) in [5.74, 6) is 0.852. The van der Waals surface area contributed by atoms with Crippen molar-refractivity contribution in [2.45, 2.75) is 18.9 Å². The van der Waals surface area contributed by atoms with Gasteiger partial charge in [-0.15, -0.1) is 0 Å². The van der Waals surface area contributed by atoms with Crippen molar-refractivity contribution in [1.29, 1.82) is 0 Å². The van der Waals surface area contributed by atoms with E-state index in [0.29, 0.717) is 6.61 Å². The van der Waals surface area contributed by atoms with Gasteiger partial charge < -0.3 is 19.7 Å². The highest BCUT2D eigenvalue weighted by Gasteiger charge is 2.18. The first-order chi connectivity index (χ1) is 9.42. The molecule has 2 saturated heterocycles. The summed E-state index contributed by atoms with van der Waals surface area (Å²) in [5.41, 5.74) is 1.15. The van der Waals surface area contributed by atoms with E-state index in [1.54, 1.807) is 6.20 Å². The second kappa shape index (κ2) is 6.21. The summed E-state index contributed by atoms with van der Waals surface area (Å²) in [4.78, 5) is 6.67. The van der Waals surface area contributed by atoms with Crippen molar-refractivity contribution in [2.75, 3.05) is 44.3 Å². The molecule has 1 aromatic heterocycles. The molecule has 0 spiro atoms. The van der Waals surface area contributed by atoms with Crippen LogP contribution < -0.4 is 15.0 Å². The average molecular weight is 263 g/mol. The summed E-state index contributed by atoms with van der Waals surface area (Å²) < 4.78 is 11.2. The van der Waals surface area contributed by atoms with Crippen LogP contribution in [-0.4, -0.2) is 50.5 Å². The van der Waals surface area contributed by atoms with Gasteiger partial charge in [-0.1, -0.05) is 0 Å². The zero-order chi connectivity index (χ0) is 12.9. The highest BCUT2D eigenvalue weighted by molar-refractivity contribution is 5.48. The molecule has 5 nitrogen and oxygen atoms in total. The second-order valence-electron chi connectivity index (χ2n) is 5.07. The topological polar surface area (TPSA) is 46.6 Å². The van der Waals surface area contributed by atoms with Crippen LogP contribution in [0.15, 0.2) is 18.5 Å². The Labute approximate surface area is 113 Å². The lowest BCUT2D eigenvalue weighted by Crippen LogP contribution is -2.28. The van der Waals surface area contributed by atoms with Crippen LogP contribution in [0.4, 0.5) is 5.69 Å². The van der Waals surface area contributed by atoms with Gasteiger partial charge in [0.25, 0.3) is 0 Å². The fraction of sp³-hybridized carbons (Fsp3) is 0.643. The minimum absolute atomic E-state index is 0.183. The normalized spacial score (nSPS) is 24.2. The molecule has 0 aliphatic carbocycles. The van der Waals surface area contributed by atoms with Gasteiger partial charge in [0.2, 0.25) is 0 Å². The van der Waals surface area contributed by atoms with Crippen LogP contribution in [0.5, 0.6) is 5.75 Å². The molecule has 0 radical (unpaired) electrons. The highest BCUT2D eigenvalue weighted by Crippen LogP contribution is 2.22. The summed E-state index contributed by atoms with van der Waals surface area (Å²) in [6.07, 6.45) is 6.03. The second-order valence-corrected chi connectivity index (χ2v) is 5.07. The average Bonchev–Trinajstić information content (AvgIpc) is 2.79. The van der Waals surface area contributed by atoms with E-state index in [1.165, 1.54) is 6.42 Å². The van der Waals surface area contributed by atoms with Crippen molar-refractivity contribution in [3.05, 3.63) is 18.5 Å². The lowest BCUT2D eigenvalue weighted by atomic mass is 10.3. The van der Waals surface area contributed by atoms with Crippen molar-refractivity contribution in [2.24, 2.45) is 0 Å². The molecule has 1 atom stereocenters. The third kappa shape index (κ3) is 3.36. The Morgan fingerprint density at radius 3 is 3.21 bits per heavy atom. The van der Waals surface area contributed by atoms with E-state index in [2.05, 4.69) is 21.3 Å². The lowest BCUT2D eigenvalue weighted by Gasteiger charge is -2.22. The van der Waals surface area contributed by atoms with Crippen molar-refractivity contribution < 1.29 is 9.47 Å². The molecule has 1 N–H and O–H groups in total. The molecule has 0 bridgehead atoms. The maximum atomic E-state index is 5.91. The number of rotatable bonds is 3.